The Morgan fingerprint density at radius 2 is 1.74 bits per heavy atom. The molecular formula is C27H34F2N8O. The van der Waals surface area contributed by atoms with Gasteiger partial charge < -0.3 is 20.6 Å². The number of nitrogen functional groups attached to an aromatic ring is 1. The Balaban J connectivity index is 1.28. The molecule has 4 heterocycles. The number of piperazine rings is 1. The van der Waals surface area contributed by atoms with Crippen molar-refractivity contribution in [3.05, 3.63) is 59.4 Å². The van der Waals surface area contributed by atoms with Crippen molar-refractivity contribution in [2.75, 3.05) is 54.8 Å². The van der Waals surface area contributed by atoms with Gasteiger partial charge in [-0.3, -0.25) is 4.90 Å². The van der Waals surface area contributed by atoms with Gasteiger partial charge in [0.15, 0.2) is 5.82 Å². The standard InChI is InChI=1S/C27H34F2N8O/c1-17(2)26-19(13-31-37(26)25-12-24(32-27(30)33-25)36-15-23(38)16-36)5-4-6-34-7-8-35(14-18(34)3)22-10-20(28)9-21(29)11-22/h4-5,9-13,17-18,23,38H,6-8,14-16H2,1-3H3,(H2,30,32,33)/t18-/m1/s1. The number of halogens is 2. The lowest BCUT2D eigenvalue weighted by Crippen LogP contribution is -2.51. The molecule has 1 aromatic carbocycles. The summed E-state index contributed by atoms with van der Waals surface area (Å²) in [5.74, 6) is 0.497. The zero-order chi connectivity index (χ0) is 27.0. The molecule has 2 aliphatic rings. The number of aromatic nitrogens is 4. The highest BCUT2D eigenvalue weighted by molar-refractivity contribution is 5.56. The van der Waals surface area contributed by atoms with Crippen LogP contribution in [0.2, 0.25) is 0 Å². The third-order valence-electron chi connectivity index (χ3n) is 7.12. The van der Waals surface area contributed by atoms with Crippen molar-refractivity contribution >= 4 is 23.5 Å². The lowest BCUT2D eigenvalue weighted by Gasteiger charge is -2.40. The van der Waals surface area contributed by atoms with Crippen LogP contribution in [0.4, 0.5) is 26.2 Å². The Morgan fingerprint density at radius 3 is 2.39 bits per heavy atom. The summed E-state index contributed by atoms with van der Waals surface area (Å²) in [5.41, 5.74) is 8.60. The second-order valence-corrected chi connectivity index (χ2v) is 10.4. The first-order valence-corrected chi connectivity index (χ1v) is 13.0. The number of aliphatic hydroxyl groups is 1. The second kappa shape index (κ2) is 10.7. The molecule has 0 amide bonds. The van der Waals surface area contributed by atoms with Crippen LogP contribution in [0.15, 0.2) is 36.5 Å². The van der Waals surface area contributed by atoms with Crippen molar-refractivity contribution < 1.29 is 13.9 Å². The normalized spacial score (nSPS) is 19.1. The van der Waals surface area contributed by atoms with E-state index in [9.17, 15) is 13.9 Å². The van der Waals surface area contributed by atoms with E-state index in [1.54, 1.807) is 0 Å². The summed E-state index contributed by atoms with van der Waals surface area (Å²) in [5, 5.41) is 14.3. The summed E-state index contributed by atoms with van der Waals surface area (Å²) < 4.78 is 29.2. The van der Waals surface area contributed by atoms with Crippen molar-refractivity contribution in [1.29, 1.82) is 0 Å². The first kappa shape index (κ1) is 26.1. The first-order valence-electron chi connectivity index (χ1n) is 13.0. The van der Waals surface area contributed by atoms with Gasteiger partial charge >= 0.3 is 0 Å². The summed E-state index contributed by atoms with van der Waals surface area (Å²) in [6.07, 6.45) is 5.69. The summed E-state index contributed by atoms with van der Waals surface area (Å²) in [6.45, 7) is 10.3. The Hall–Kier alpha value is -3.57. The maximum Gasteiger partial charge on any atom is 0.224 e. The third kappa shape index (κ3) is 5.48. The lowest BCUT2D eigenvalue weighted by molar-refractivity contribution is 0.141. The van der Waals surface area contributed by atoms with Gasteiger partial charge in [-0.05, 0) is 25.0 Å². The minimum absolute atomic E-state index is 0.162. The average molecular weight is 525 g/mol. The molecule has 11 heteroatoms. The summed E-state index contributed by atoms with van der Waals surface area (Å²) >= 11 is 0. The van der Waals surface area contributed by atoms with E-state index in [1.165, 1.54) is 12.1 Å². The SMILES string of the molecule is CC(C)c1c(C=CCN2CCN(c3cc(F)cc(F)c3)C[C@H]2C)cnn1-c1cc(N2CC(O)C2)nc(N)n1. The van der Waals surface area contributed by atoms with E-state index >= 15 is 0 Å². The van der Waals surface area contributed by atoms with Crippen LogP contribution < -0.4 is 15.5 Å². The van der Waals surface area contributed by atoms with Crippen LogP contribution in [0.25, 0.3) is 11.9 Å². The summed E-state index contributed by atoms with van der Waals surface area (Å²) in [6, 6.07) is 5.74. The van der Waals surface area contributed by atoms with Gasteiger partial charge in [-0.25, -0.2) is 13.5 Å². The first-order chi connectivity index (χ1) is 18.2. The predicted molar refractivity (Wildman–Crippen MR) is 145 cm³/mol. The number of rotatable bonds is 7. The van der Waals surface area contributed by atoms with E-state index in [2.05, 4.69) is 52.9 Å². The van der Waals surface area contributed by atoms with E-state index in [0.29, 0.717) is 43.5 Å². The fraction of sp³-hybridized carbons (Fsp3) is 0.444. The van der Waals surface area contributed by atoms with E-state index in [1.807, 2.05) is 26.7 Å². The highest BCUT2D eigenvalue weighted by Gasteiger charge is 2.27. The van der Waals surface area contributed by atoms with Crippen LogP contribution in [0.3, 0.4) is 0 Å². The van der Waals surface area contributed by atoms with Crippen molar-refractivity contribution in [1.82, 2.24) is 24.6 Å². The topological polar surface area (TPSA) is 99.6 Å². The van der Waals surface area contributed by atoms with Crippen molar-refractivity contribution in [2.24, 2.45) is 0 Å². The molecule has 0 radical (unpaired) electrons. The van der Waals surface area contributed by atoms with Gasteiger partial charge in [0.05, 0.1) is 18.0 Å². The number of aliphatic hydroxyl groups excluding tert-OH is 1. The Morgan fingerprint density at radius 1 is 1.03 bits per heavy atom. The van der Waals surface area contributed by atoms with Crippen LogP contribution in [0, 0.1) is 11.6 Å². The number of hydrogen-bond donors (Lipinski definition) is 2. The molecule has 9 nitrogen and oxygen atoms in total. The molecule has 0 saturated carbocycles. The largest absolute Gasteiger partial charge is 0.389 e. The average Bonchev–Trinajstić information content (AvgIpc) is 3.26. The number of anilines is 3. The molecule has 2 aliphatic heterocycles. The molecule has 2 saturated heterocycles. The predicted octanol–water partition coefficient (Wildman–Crippen LogP) is 3.05. The fourth-order valence-corrected chi connectivity index (χ4v) is 5.15. The number of β-amino-alcohol motifs (C(OH)–C–C–N with tert-alkyl or cyclic N) is 1. The maximum atomic E-state index is 13.7. The molecule has 0 unspecified atom stereocenters. The molecule has 5 rings (SSSR count). The van der Waals surface area contributed by atoms with Gasteiger partial charge in [0, 0.05) is 68.7 Å². The van der Waals surface area contributed by atoms with E-state index in [0.717, 1.165) is 30.4 Å². The zero-order valence-corrected chi connectivity index (χ0v) is 21.9. The molecule has 1 atom stereocenters. The van der Waals surface area contributed by atoms with Crippen LogP contribution in [-0.4, -0.2) is 81.2 Å². The van der Waals surface area contributed by atoms with Gasteiger partial charge in [0.2, 0.25) is 5.95 Å². The van der Waals surface area contributed by atoms with Gasteiger partial charge in [-0.1, -0.05) is 26.0 Å². The number of nitrogens with zero attached hydrogens (tertiary/aromatic N) is 7. The summed E-state index contributed by atoms with van der Waals surface area (Å²) in [7, 11) is 0. The minimum Gasteiger partial charge on any atom is -0.389 e. The molecular weight excluding hydrogens is 490 g/mol. The number of hydrogen-bond acceptors (Lipinski definition) is 8. The van der Waals surface area contributed by atoms with Crippen molar-refractivity contribution in [3.8, 4) is 5.82 Å². The maximum absolute atomic E-state index is 13.7. The molecule has 202 valence electrons. The van der Waals surface area contributed by atoms with Gasteiger partial charge in [0.1, 0.15) is 17.5 Å². The van der Waals surface area contributed by atoms with E-state index in [-0.39, 0.29) is 24.0 Å². The molecule has 3 N–H and O–H groups in total. The highest BCUT2D eigenvalue weighted by atomic mass is 19.1. The minimum atomic E-state index is -0.556. The van der Waals surface area contributed by atoms with Crippen LogP contribution in [0.1, 0.15) is 37.9 Å². The Bertz CT molecular complexity index is 1300. The fourth-order valence-electron chi connectivity index (χ4n) is 5.15. The van der Waals surface area contributed by atoms with Gasteiger partial charge in [-0.2, -0.15) is 15.1 Å². The summed E-state index contributed by atoms with van der Waals surface area (Å²) in [4.78, 5) is 15.1. The molecule has 38 heavy (non-hydrogen) atoms. The molecule has 0 aliphatic carbocycles. The molecule has 2 aromatic heterocycles. The Kier molecular flexibility index (Phi) is 7.31. The highest BCUT2D eigenvalue weighted by Crippen LogP contribution is 2.27. The Labute approximate surface area is 221 Å². The van der Waals surface area contributed by atoms with Crippen LogP contribution in [-0.2, 0) is 0 Å². The second-order valence-electron chi connectivity index (χ2n) is 10.4. The van der Waals surface area contributed by atoms with Crippen LogP contribution >= 0.6 is 0 Å². The van der Waals surface area contributed by atoms with E-state index in [4.69, 9.17) is 5.73 Å². The smallest absolute Gasteiger partial charge is 0.224 e. The quantitative estimate of drug-likeness (QED) is 0.487. The lowest BCUT2D eigenvalue weighted by atomic mass is 10.1. The number of benzene rings is 1. The zero-order valence-electron chi connectivity index (χ0n) is 21.9. The monoisotopic (exact) mass is 524 g/mol. The number of nitrogens with two attached hydrogens (primary N) is 1. The van der Waals surface area contributed by atoms with Crippen molar-refractivity contribution in [2.45, 2.75) is 38.8 Å². The molecule has 2 fully saturated rings. The van der Waals surface area contributed by atoms with Crippen molar-refractivity contribution in [3.63, 3.8) is 0 Å². The van der Waals surface area contributed by atoms with Gasteiger partial charge in [0.25, 0.3) is 0 Å². The van der Waals surface area contributed by atoms with Gasteiger partial charge in [-0.15, -0.1) is 0 Å². The molecule has 0 spiro atoms. The molecule has 3 aromatic rings. The third-order valence-corrected chi connectivity index (χ3v) is 7.12. The van der Waals surface area contributed by atoms with E-state index < -0.39 is 11.6 Å². The van der Waals surface area contributed by atoms with Crippen LogP contribution in [0.5, 0.6) is 0 Å². The molecule has 0 bridgehead atoms.